The fourth-order valence-electron chi connectivity index (χ4n) is 7.60. The highest BCUT2D eigenvalue weighted by atomic mass is 16.5. The number of rotatable bonds is 44. The first kappa shape index (κ1) is 49.9. The molecule has 4 nitrogen and oxygen atoms in total. The van der Waals surface area contributed by atoms with Crippen LogP contribution in [0.3, 0.4) is 0 Å². The van der Waals surface area contributed by atoms with Crippen molar-refractivity contribution in [3.05, 3.63) is 0 Å². The summed E-state index contributed by atoms with van der Waals surface area (Å²) in [6, 6.07) is 0. The molecule has 0 amide bonds. The molecule has 0 aliphatic carbocycles. The molecule has 0 saturated carbocycles. The highest BCUT2D eigenvalue weighted by Crippen LogP contribution is 2.20. The van der Waals surface area contributed by atoms with Gasteiger partial charge in [-0.1, -0.05) is 232 Å². The summed E-state index contributed by atoms with van der Waals surface area (Å²) in [5, 5.41) is 8.85. The molecule has 0 radical (unpaired) electrons. The molecule has 0 aliphatic heterocycles. The van der Waals surface area contributed by atoms with Gasteiger partial charge in [-0.25, -0.2) is 0 Å². The van der Waals surface area contributed by atoms with Crippen LogP contribution >= 0.6 is 0 Å². The van der Waals surface area contributed by atoms with Crippen molar-refractivity contribution in [1.82, 2.24) is 0 Å². The molecule has 51 heavy (non-hydrogen) atoms. The van der Waals surface area contributed by atoms with E-state index in [9.17, 15) is 9.59 Å². The summed E-state index contributed by atoms with van der Waals surface area (Å²) in [4.78, 5) is 23.5. The molecule has 0 spiro atoms. The van der Waals surface area contributed by atoms with Crippen molar-refractivity contribution < 1.29 is 19.4 Å². The Kier molecular flexibility index (Phi) is 42.4. The molecule has 0 saturated heterocycles. The Morgan fingerprint density at radius 3 is 0.863 bits per heavy atom. The first-order valence-electron chi connectivity index (χ1n) is 23.5. The highest BCUT2D eigenvalue weighted by Gasteiger charge is 2.14. The number of unbranched alkanes of at least 4 members (excludes halogenated alkanes) is 35. The number of carbonyl (C=O) groups is 2. The second-order valence-electron chi connectivity index (χ2n) is 16.3. The Morgan fingerprint density at radius 1 is 0.353 bits per heavy atom. The van der Waals surface area contributed by atoms with Gasteiger partial charge in [0.15, 0.2) is 0 Å². The van der Waals surface area contributed by atoms with Crippen molar-refractivity contribution in [1.29, 1.82) is 0 Å². The third-order valence-electron chi connectivity index (χ3n) is 11.1. The summed E-state index contributed by atoms with van der Waals surface area (Å²) in [6.45, 7) is 4.58. The van der Waals surface area contributed by atoms with Crippen LogP contribution in [0.5, 0.6) is 0 Å². The van der Waals surface area contributed by atoms with Crippen molar-refractivity contribution in [3.63, 3.8) is 0 Å². The maximum Gasteiger partial charge on any atom is 0.306 e. The number of carbonyl (C=O) groups excluding carboxylic acids is 1. The molecule has 4 heteroatoms. The van der Waals surface area contributed by atoms with Crippen LogP contribution in [-0.4, -0.2) is 23.1 Å². The first-order valence-corrected chi connectivity index (χ1v) is 23.5. The van der Waals surface area contributed by atoms with Crippen molar-refractivity contribution in [3.8, 4) is 0 Å². The van der Waals surface area contributed by atoms with Gasteiger partial charge in [0.1, 0.15) is 6.10 Å². The molecule has 0 aliphatic rings. The smallest absolute Gasteiger partial charge is 0.306 e. The molecule has 0 heterocycles. The van der Waals surface area contributed by atoms with Gasteiger partial charge < -0.3 is 9.84 Å². The summed E-state index contributed by atoms with van der Waals surface area (Å²) in [5.74, 6) is -0.681. The van der Waals surface area contributed by atoms with Crippen molar-refractivity contribution >= 4 is 11.9 Å². The van der Waals surface area contributed by atoms with Crippen LogP contribution < -0.4 is 0 Å². The molecule has 1 N–H and O–H groups in total. The Labute approximate surface area is 320 Å². The zero-order valence-corrected chi connectivity index (χ0v) is 34.9. The monoisotopic (exact) mass is 721 g/mol. The number of hydrogen-bond donors (Lipinski definition) is 1. The van der Waals surface area contributed by atoms with Crippen LogP contribution in [0.1, 0.15) is 284 Å². The van der Waals surface area contributed by atoms with Gasteiger partial charge in [0.25, 0.3) is 0 Å². The number of aliphatic carboxylic acids is 1. The molecule has 304 valence electrons. The van der Waals surface area contributed by atoms with Gasteiger partial charge in [0, 0.05) is 12.8 Å². The lowest BCUT2D eigenvalue weighted by molar-refractivity contribution is -0.150. The standard InChI is InChI=1S/C47H92O4/c1-3-5-7-9-11-13-15-17-19-20-21-23-25-27-29-31-36-40-44-47(50)51-45(42-38-34-32-35-39-43-46(48)49)41-37-33-30-28-26-24-22-18-16-14-12-10-8-6-4-2/h45H,3-44H2,1-2H3,(H,48,49). The van der Waals surface area contributed by atoms with E-state index in [1.54, 1.807) is 0 Å². The van der Waals surface area contributed by atoms with Gasteiger partial charge in [-0.3, -0.25) is 9.59 Å². The quantitative estimate of drug-likeness (QED) is 0.0503. The number of hydrogen-bond acceptors (Lipinski definition) is 3. The summed E-state index contributed by atoms with van der Waals surface area (Å²) < 4.78 is 6.05. The lowest BCUT2D eigenvalue weighted by Crippen LogP contribution is -2.18. The second kappa shape index (κ2) is 43.3. The van der Waals surface area contributed by atoms with Crippen LogP contribution in [0.15, 0.2) is 0 Å². The first-order chi connectivity index (χ1) is 25.1. The van der Waals surface area contributed by atoms with E-state index in [1.165, 1.54) is 193 Å². The van der Waals surface area contributed by atoms with E-state index in [-0.39, 0.29) is 18.5 Å². The highest BCUT2D eigenvalue weighted by molar-refractivity contribution is 5.69. The molecule has 1 atom stereocenters. The van der Waals surface area contributed by atoms with Gasteiger partial charge in [-0.2, -0.15) is 0 Å². The topological polar surface area (TPSA) is 63.6 Å². The average Bonchev–Trinajstić information content (AvgIpc) is 3.12. The van der Waals surface area contributed by atoms with Gasteiger partial charge >= 0.3 is 11.9 Å². The zero-order chi connectivity index (χ0) is 37.1. The van der Waals surface area contributed by atoms with E-state index in [0.717, 1.165) is 64.2 Å². The molecule has 0 aromatic carbocycles. The molecule has 0 fully saturated rings. The van der Waals surface area contributed by atoms with Gasteiger partial charge in [-0.05, 0) is 38.5 Å². The third kappa shape index (κ3) is 43.2. The molecule has 0 aromatic heterocycles. The zero-order valence-electron chi connectivity index (χ0n) is 34.9. The Balaban J connectivity index is 3.91. The lowest BCUT2D eigenvalue weighted by Gasteiger charge is -2.18. The predicted octanol–water partition coefficient (Wildman–Crippen LogP) is 16.4. The van der Waals surface area contributed by atoms with E-state index < -0.39 is 5.97 Å². The van der Waals surface area contributed by atoms with Gasteiger partial charge in [0.05, 0.1) is 0 Å². The predicted molar refractivity (Wildman–Crippen MR) is 223 cm³/mol. The molecule has 0 bridgehead atoms. The average molecular weight is 721 g/mol. The lowest BCUT2D eigenvalue weighted by atomic mass is 10.0. The van der Waals surface area contributed by atoms with E-state index in [0.29, 0.717) is 6.42 Å². The maximum atomic E-state index is 12.7. The van der Waals surface area contributed by atoms with E-state index in [4.69, 9.17) is 9.84 Å². The summed E-state index contributed by atoms with van der Waals surface area (Å²) in [5.41, 5.74) is 0. The largest absolute Gasteiger partial charge is 0.481 e. The molecule has 0 aromatic rings. The van der Waals surface area contributed by atoms with Gasteiger partial charge in [0.2, 0.25) is 0 Å². The maximum absolute atomic E-state index is 12.7. The Hall–Kier alpha value is -1.06. The Morgan fingerprint density at radius 2 is 0.588 bits per heavy atom. The van der Waals surface area contributed by atoms with Crippen LogP contribution in [0.4, 0.5) is 0 Å². The fraction of sp³-hybridized carbons (Fsp3) is 0.957. The summed E-state index contributed by atoms with van der Waals surface area (Å²) >= 11 is 0. The molecule has 1 unspecified atom stereocenters. The number of carboxylic acids is 1. The fourth-order valence-corrected chi connectivity index (χ4v) is 7.60. The SMILES string of the molecule is CCCCCCCCCCCCCCCCCCCCC(=O)OC(CCCCCCCCCCCCCCCCC)CCCCCCCC(=O)O. The van der Waals surface area contributed by atoms with E-state index in [2.05, 4.69) is 13.8 Å². The molecule has 0 rings (SSSR count). The van der Waals surface area contributed by atoms with E-state index in [1.807, 2.05) is 0 Å². The third-order valence-corrected chi connectivity index (χ3v) is 11.1. The summed E-state index contributed by atoms with van der Waals surface area (Å²) in [7, 11) is 0. The minimum atomic E-state index is -0.694. The number of carboxylic acid groups (broad SMARTS) is 1. The second-order valence-corrected chi connectivity index (χ2v) is 16.3. The minimum Gasteiger partial charge on any atom is -0.481 e. The molecular formula is C47H92O4. The number of ether oxygens (including phenoxy) is 1. The van der Waals surface area contributed by atoms with Crippen LogP contribution in [0.25, 0.3) is 0 Å². The summed E-state index contributed by atoms with van der Waals surface area (Å²) in [6.07, 6.45) is 52.9. The normalized spacial score (nSPS) is 12.0. The van der Waals surface area contributed by atoms with Crippen LogP contribution in [0, 0.1) is 0 Å². The van der Waals surface area contributed by atoms with Crippen molar-refractivity contribution in [2.45, 2.75) is 290 Å². The number of esters is 1. The van der Waals surface area contributed by atoms with Gasteiger partial charge in [-0.15, -0.1) is 0 Å². The van der Waals surface area contributed by atoms with E-state index >= 15 is 0 Å². The molecular weight excluding hydrogens is 629 g/mol. The van der Waals surface area contributed by atoms with Crippen LogP contribution in [0.2, 0.25) is 0 Å². The minimum absolute atomic E-state index is 0.0129. The van der Waals surface area contributed by atoms with Crippen LogP contribution in [-0.2, 0) is 14.3 Å². The van der Waals surface area contributed by atoms with Crippen molar-refractivity contribution in [2.24, 2.45) is 0 Å². The van der Waals surface area contributed by atoms with Crippen molar-refractivity contribution in [2.75, 3.05) is 0 Å². The Bertz CT molecular complexity index is 692.